The molecule has 0 amide bonds. The Bertz CT molecular complexity index is 1200. The summed E-state index contributed by atoms with van der Waals surface area (Å²) in [4.78, 5) is 64.7. The number of ether oxygens (including phenoxy) is 2. The van der Waals surface area contributed by atoms with Gasteiger partial charge in [0, 0.05) is 19.3 Å². The minimum Gasteiger partial charge on any atom is -0.462 e. The van der Waals surface area contributed by atoms with Crippen LogP contribution >= 0.6 is 15.6 Å². The van der Waals surface area contributed by atoms with Gasteiger partial charge >= 0.3 is 27.6 Å². The average molecular weight is 869 g/mol. The van der Waals surface area contributed by atoms with Crippen LogP contribution in [0.25, 0.3) is 0 Å². The first kappa shape index (κ1) is 56.3. The highest BCUT2D eigenvalue weighted by Gasteiger charge is 2.28. The smallest absolute Gasteiger partial charge is 0.462 e. The number of phosphoric acid groups is 2. The van der Waals surface area contributed by atoms with Crippen LogP contribution in [0.3, 0.4) is 0 Å². The molecule has 0 aliphatic rings. The Morgan fingerprint density at radius 2 is 1.09 bits per heavy atom. The molecule has 3 atom stereocenters. The van der Waals surface area contributed by atoms with E-state index >= 15 is 0 Å². The van der Waals surface area contributed by atoms with Gasteiger partial charge in [0.2, 0.25) is 0 Å². The summed E-state index contributed by atoms with van der Waals surface area (Å²) in [6, 6.07) is 0. The SMILES string of the molecule is CCCCC/C=C\C=C\C(=O)CCCCCCCC(=O)O[C@H](COC(=O)CCCCCCCCCCCCCCC(C)C)COP(=O)(O)OC[C@@H](O)COP(=O)(O)O. The van der Waals surface area contributed by atoms with E-state index in [9.17, 15) is 33.5 Å². The van der Waals surface area contributed by atoms with Gasteiger partial charge in [0.25, 0.3) is 0 Å². The zero-order chi connectivity index (χ0) is 43.3. The van der Waals surface area contributed by atoms with E-state index < -0.39 is 66.2 Å². The van der Waals surface area contributed by atoms with Crippen molar-refractivity contribution in [1.29, 1.82) is 0 Å². The van der Waals surface area contributed by atoms with Gasteiger partial charge in [-0.2, -0.15) is 0 Å². The van der Waals surface area contributed by atoms with Crippen LogP contribution in [-0.4, -0.2) is 76.1 Å². The van der Waals surface area contributed by atoms with Crippen LogP contribution in [0, 0.1) is 5.92 Å². The molecule has 0 spiro atoms. The van der Waals surface area contributed by atoms with Crippen LogP contribution in [0.15, 0.2) is 24.3 Å². The largest absolute Gasteiger partial charge is 0.472 e. The highest BCUT2D eigenvalue weighted by molar-refractivity contribution is 7.47. The molecule has 0 radical (unpaired) electrons. The lowest BCUT2D eigenvalue weighted by atomic mass is 10.0. The van der Waals surface area contributed by atoms with E-state index in [1.165, 1.54) is 70.6 Å². The summed E-state index contributed by atoms with van der Waals surface area (Å²) < 4.78 is 47.7. The number of aliphatic hydroxyl groups is 1. The van der Waals surface area contributed by atoms with Gasteiger partial charge in [-0.1, -0.05) is 148 Å². The fraction of sp³-hybridized carbons (Fsp3) is 0.833. The molecule has 4 N–H and O–H groups in total. The van der Waals surface area contributed by atoms with Gasteiger partial charge in [-0.15, -0.1) is 0 Å². The Balaban J connectivity index is 4.59. The third kappa shape index (κ3) is 41.0. The van der Waals surface area contributed by atoms with Crippen molar-refractivity contribution in [2.45, 2.75) is 193 Å². The van der Waals surface area contributed by atoms with Crippen molar-refractivity contribution in [2.75, 3.05) is 26.4 Å². The first-order valence-corrected chi connectivity index (χ1v) is 24.9. The number of phosphoric ester groups is 2. The highest BCUT2D eigenvalue weighted by atomic mass is 31.2. The predicted octanol–water partition coefficient (Wildman–Crippen LogP) is 10.2. The van der Waals surface area contributed by atoms with Gasteiger partial charge in [-0.3, -0.25) is 28.0 Å². The molecule has 0 rings (SSSR count). The summed E-state index contributed by atoms with van der Waals surface area (Å²) in [6.07, 6.45) is 28.6. The molecular weight excluding hydrogens is 790 g/mol. The molecule has 0 aromatic rings. The van der Waals surface area contributed by atoms with Gasteiger partial charge in [0.1, 0.15) is 12.7 Å². The van der Waals surface area contributed by atoms with Crippen LogP contribution in [0.2, 0.25) is 0 Å². The fourth-order valence-electron chi connectivity index (χ4n) is 5.87. The summed E-state index contributed by atoms with van der Waals surface area (Å²) in [5, 5.41) is 9.74. The lowest BCUT2D eigenvalue weighted by Crippen LogP contribution is -2.30. The second-order valence-corrected chi connectivity index (χ2v) is 18.2. The zero-order valence-electron chi connectivity index (χ0n) is 35.8. The Labute approximate surface area is 349 Å². The van der Waals surface area contributed by atoms with Crippen LogP contribution in [0.1, 0.15) is 181 Å². The summed E-state index contributed by atoms with van der Waals surface area (Å²) in [5.74, 6) is -0.253. The van der Waals surface area contributed by atoms with E-state index in [1.54, 1.807) is 12.2 Å². The van der Waals surface area contributed by atoms with Crippen molar-refractivity contribution in [3.05, 3.63) is 24.3 Å². The second-order valence-electron chi connectivity index (χ2n) is 15.5. The first-order valence-electron chi connectivity index (χ1n) is 21.8. The summed E-state index contributed by atoms with van der Waals surface area (Å²) in [7, 11) is -9.71. The Morgan fingerprint density at radius 3 is 1.64 bits per heavy atom. The first-order chi connectivity index (χ1) is 27.6. The van der Waals surface area contributed by atoms with Crippen molar-refractivity contribution in [1.82, 2.24) is 0 Å². The topological polar surface area (TPSA) is 212 Å². The van der Waals surface area contributed by atoms with E-state index in [1.807, 2.05) is 6.08 Å². The summed E-state index contributed by atoms with van der Waals surface area (Å²) in [5.41, 5.74) is 0. The molecule has 0 heterocycles. The zero-order valence-corrected chi connectivity index (χ0v) is 37.6. The number of allylic oxidation sites excluding steroid dienone is 4. The molecule has 340 valence electrons. The second kappa shape index (κ2) is 37.1. The molecule has 0 fully saturated rings. The van der Waals surface area contributed by atoms with Gasteiger partial charge < -0.3 is 29.3 Å². The Morgan fingerprint density at radius 1 is 0.586 bits per heavy atom. The number of carbonyl (C=O) groups excluding carboxylic acids is 3. The van der Waals surface area contributed by atoms with Crippen LogP contribution in [-0.2, 0) is 46.6 Å². The minimum absolute atomic E-state index is 0.0498. The monoisotopic (exact) mass is 868 g/mol. The van der Waals surface area contributed by atoms with E-state index in [2.05, 4.69) is 35.9 Å². The maximum atomic E-state index is 12.6. The molecule has 58 heavy (non-hydrogen) atoms. The average Bonchev–Trinajstić information content (AvgIpc) is 3.16. The Hall–Kier alpha value is -1.73. The highest BCUT2D eigenvalue weighted by Crippen LogP contribution is 2.43. The molecule has 0 aliphatic heterocycles. The molecule has 0 aromatic carbocycles. The third-order valence-corrected chi connectivity index (χ3v) is 10.7. The lowest BCUT2D eigenvalue weighted by Gasteiger charge is -2.20. The maximum Gasteiger partial charge on any atom is 0.472 e. The number of rotatable bonds is 41. The minimum atomic E-state index is -4.88. The number of hydrogen-bond acceptors (Lipinski definition) is 11. The fourth-order valence-corrected chi connectivity index (χ4v) is 7.02. The van der Waals surface area contributed by atoms with Crippen molar-refractivity contribution in [2.24, 2.45) is 5.92 Å². The number of unbranched alkanes of at least 4 members (excludes halogenated alkanes) is 18. The number of ketones is 1. The van der Waals surface area contributed by atoms with Crippen LogP contribution in [0.4, 0.5) is 0 Å². The summed E-state index contributed by atoms with van der Waals surface area (Å²) >= 11 is 0. The molecule has 16 heteroatoms. The summed E-state index contributed by atoms with van der Waals surface area (Å²) in [6.45, 7) is 3.89. The van der Waals surface area contributed by atoms with Gasteiger partial charge in [0.05, 0.1) is 19.8 Å². The van der Waals surface area contributed by atoms with Crippen molar-refractivity contribution >= 4 is 33.4 Å². The van der Waals surface area contributed by atoms with Crippen LogP contribution < -0.4 is 0 Å². The van der Waals surface area contributed by atoms with Crippen molar-refractivity contribution in [3.8, 4) is 0 Å². The predicted molar refractivity (Wildman–Crippen MR) is 226 cm³/mol. The van der Waals surface area contributed by atoms with Gasteiger partial charge in [-0.25, -0.2) is 9.13 Å². The number of aliphatic hydroxyl groups excluding tert-OH is 1. The standard InChI is InChI=1S/C42H78O14P2/c1-4-5-6-7-14-19-24-29-38(43)30-25-20-17-22-27-32-42(46)56-40(36-55-58(50,51)54-34-39(44)33-53-57(47,48)49)35-52-41(45)31-26-21-16-13-11-9-8-10-12-15-18-23-28-37(2)3/h14,19,24,29,37,39-40,44H,4-13,15-18,20-23,25-28,30-36H2,1-3H3,(H,50,51)(H2,47,48,49)/b19-14-,29-24+/t39-,40+/m0/s1. The molecular formula is C42H78O14P2. The van der Waals surface area contributed by atoms with Crippen molar-refractivity contribution < 1.29 is 66.3 Å². The number of esters is 2. The maximum absolute atomic E-state index is 12.6. The van der Waals surface area contributed by atoms with Gasteiger partial charge in [0.15, 0.2) is 11.9 Å². The molecule has 0 aliphatic carbocycles. The van der Waals surface area contributed by atoms with Crippen LogP contribution in [0.5, 0.6) is 0 Å². The van der Waals surface area contributed by atoms with E-state index in [0.29, 0.717) is 19.3 Å². The molecule has 14 nitrogen and oxygen atoms in total. The van der Waals surface area contributed by atoms with E-state index in [4.69, 9.17) is 23.8 Å². The van der Waals surface area contributed by atoms with Crippen molar-refractivity contribution in [3.63, 3.8) is 0 Å². The molecule has 0 bridgehead atoms. The lowest BCUT2D eigenvalue weighted by molar-refractivity contribution is -0.161. The normalized spacial score (nSPS) is 14.3. The third-order valence-electron chi connectivity index (χ3n) is 9.24. The number of hydrogen-bond donors (Lipinski definition) is 4. The van der Waals surface area contributed by atoms with E-state index in [0.717, 1.165) is 63.7 Å². The molecule has 0 aromatic heterocycles. The molecule has 0 saturated carbocycles. The molecule has 0 saturated heterocycles. The van der Waals surface area contributed by atoms with Gasteiger partial charge in [-0.05, 0) is 44.1 Å². The quantitative estimate of drug-likeness (QED) is 0.0148. The number of carbonyl (C=O) groups is 3. The molecule has 1 unspecified atom stereocenters. The Kier molecular flexibility index (Phi) is 36.0. The van der Waals surface area contributed by atoms with E-state index in [-0.39, 0.29) is 18.6 Å².